The monoisotopic (exact) mass is 378 g/mol. The number of nitrogens with zero attached hydrogens (tertiary/aromatic N) is 2. The van der Waals surface area contributed by atoms with Crippen LogP contribution in [0.2, 0.25) is 0 Å². The number of benzene rings is 2. The highest BCUT2D eigenvalue weighted by Gasteiger charge is 2.21. The Morgan fingerprint density at radius 2 is 1.64 bits per heavy atom. The zero-order valence-electron chi connectivity index (χ0n) is 15.8. The second-order valence-electron chi connectivity index (χ2n) is 6.52. The van der Waals surface area contributed by atoms with Gasteiger partial charge in [-0.15, -0.1) is 0 Å². The van der Waals surface area contributed by atoms with Crippen molar-refractivity contribution in [3.8, 4) is 0 Å². The van der Waals surface area contributed by atoms with E-state index >= 15 is 0 Å². The molecule has 144 valence electrons. The lowest BCUT2D eigenvalue weighted by Gasteiger charge is -2.17. The van der Waals surface area contributed by atoms with Gasteiger partial charge in [-0.05, 0) is 18.1 Å². The predicted molar refractivity (Wildman–Crippen MR) is 107 cm³/mol. The molecule has 1 aromatic heterocycles. The van der Waals surface area contributed by atoms with E-state index in [2.05, 4.69) is 16.0 Å². The Hall–Kier alpha value is -3.48. The van der Waals surface area contributed by atoms with Crippen LogP contribution in [0.4, 0.5) is 0 Å². The lowest BCUT2D eigenvalue weighted by atomic mass is 9.94. The summed E-state index contributed by atoms with van der Waals surface area (Å²) in [5, 5.41) is 4.89. The van der Waals surface area contributed by atoms with Crippen LogP contribution in [0.25, 0.3) is 10.8 Å². The molecule has 1 heterocycles. The molecule has 0 fully saturated rings. The standard InChI is InChI=1S/C21H22N4O3/c1-3-9-15(14-10-5-4-6-11-14)19(26)22-23-20(27)18-16-12-7-8-13-17(16)21(28)25(2)24-18/h4-8,10-13,15H,3,9H2,1-2H3,(H,22,26)(H,23,27). The fraction of sp³-hybridized carbons (Fsp3) is 0.238. The molecule has 7 heteroatoms. The molecular formula is C21H22N4O3. The number of amides is 2. The normalized spacial score (nSPS) is 11.8. The van der Waals surface area contributed by atoms with Crippen molar-refractivity contribution in [2.45, 2.75) is 25.7 Å². The molecule has 0 spiro atoms. The molecule has 3 aromatic rings. The van der Waals surface area contributed by atoms with Crippen molar-refractivity contribution in [1.82, 2.24) is 20.6 Å². The minimum Gasteiger partial charge on any atom is -0.273 e. The lowest BCUT2D eigenvalue weighted by Crippen LogP contribution is -2.44. The Balaban J connectivity index is 1.80. The zero-order chi connectivity index (χ0) is 20.1. The minimum atomic E-state index is -0.580. The zero-order valence-corrected chi connectivity index (χ0v) is 15.8. The lowest BCUT2D eigenvalue weighted by molar-refractivity contribution is -0.123. The van der Waals surface area contributed by atoms with Crippen LogP contribution in [0.15, 0.2) is 59.4 Å². The van der Waals surface area contributed by atoms with Crippen LogP contribution in [0.1, 0.15) is 41.7 Å². The van der Waals surface area contributed by atoms with Crippen molar-refractivity contribution in [2.75, 3.05) is 0 Å². The number of carbonyl (C=O) groups is 2. The maximum absolute atomic E-state index is 12.7. The van der Waals surface area contributed by atoms with Crippen LogP contribution in [0, 0.1) is 0 Å². The molecule has 0 aliphatic carbocycles. The number of aryl methyl sites for hydroxylation is 1. The van der Waals surface area contributed by atoms with Gasteiger partial charge in [0.25, 0.3) is 11.5 Å². The van der Waals surface area contributed by atoms with Crippen LogP contribution in [0.5, 0.6) is 0 Å². The van der Waals surface area contributed by atoms with Crippen LogP contribution in [-0.4, -0.2) is 21.6 Å². The van der Waals surface area contributed by atoms with Gasteiger partial charge in [0, 0.05) is 12.4 Å². The third-order valence-electron chi connectivity index (χ3n) is 4.57. The quantitative estimate of drug-likeness (QED) is 0.666. The third kappa shape index (κ3) is 3.93. The molecule has 0 aliphatic heterocycles. The maximum atomic E-state index is 12.7. The summed E-state index contributed by atoms with van der Waals surface area (Å²) in [6.07, 6.45) is 1.49. The van der Waals surface area contributed by atoms with E-state index in [1.165, 1.54) is 7.05 Å². The summed E-state index contributed by atoms with van der Waals surface area (Å²) in [6.45, 7) is 2.00. The highest BCUT2D eigenvalue weighted by Crippen LogP contribution is 2.21. The number of rotatable bonds is 5. The SMILES string of the molecule is CCCC(C(=O)NNC(=O)c1nn(C)c(=O)c2ccccc12)c1ccccc1. The van der Waals surface area contributed by atoms with Crippen LogP contribution in [-0.2, 0) is 11.8 Å². The van der Waals surface area contributed by atoms with Gasteiger partial charge in [-0.1, -0.05) is 61.9 Å². The Morgan fingerprint density at radius 3 is 2.32 bits per heavy atom. The number of aromatic nitrogens is 2. The van der Waals surface area contributed by atoms with Crippen LogP contribution < -0.4 is 16.4 Å². The summed E-state index contributed by atoms with van der Waals surface area (Å²) in [5.41, 5.74) is 5.60. The average molecular weight is 378 g/mol. The van der Waals surface area contributed by atoms with Crippen molar-refractivity contribution in [2.24, 2.45) is 7.05 Å². The molecule has 2 aromatic carbocycles. The molecule has 0 saturated carbocycles. The first kappa shape index (κ1) is 19.3. The second-order valence-corrected chi connectivity index (χ2v) is 6.52. The average Bonchev–Trinajstić information content (AvgIpc) is 2.73. The molecule has 28 heavy (non-hydrogen) atoms. The van der Waals surface area contributed by atoms with Gasteiger partial charge in [0.1, 0.15) is 0 Å². The van der Waals surface area contributed by atoms with E-state index in [0.717, 1.165) is 16.7 Å². The number of hydrogen-bond donors (Lipinski definition) is 2. The number of fused-ring (bicyclic) bond motifs is 1. The molecule has 3 rings (SSSR count). The molecular weight excluding hydrogens is 356 g/mol. The van der Waals surface area contributed by atoms with Gasteiger partial charge in [-0.25, -0.2) is 4.68 Å². The first-order chi connectivity index (χ1) is 13.5. The van der Waals surface area contributed by atoms with Crippen molar-refractivity contribution in [3.05, 3.63) is 76.2 Å². The summed E-state index contributed by atoms with van der Waals surface area (Å²) < 4.78 is 1.11. The smallest absolute Gasteiger partial charge is 0.273 e. The molecule has 7 nitrogen and oxygen atoms in total. The summed E-state index contributed by atoms with van der Waals surface area (Å²) in [4.78, 5) is 37.5. The number of hydrazine groups is 1. The largest absolute Gasteiger partial charge is 0.290 e. The summed E-state index contributed by atoms with van der Waals surface area (Å²) in [7, 11) is 1.48. The highest BCUT2D eigenvalue weighted by atomic mass is 16.2. The maximum Gasteiger partial charge on any atom is 0.290 e. The topological polar surface area (TPSA) is 93.1 Å². The van der Waals surface area contributed by atoms with Crippen LogP contribution >= 0.6 is 0 Å². The van der Waals surface area contributed by atoms with Gasteiger partial charge in [-0.3, -0.25) is 25.2 Å². The Bertz CT molecular complexity index is 1060. The third-order valence-corrected chi connectivity index (χ3v) is 4.57. The van der Waals surface area contributed by atoms with E-state index in [1.54, 1.807) is 24.3 Å². The van der Waals surface area contributed by atoms with Crippen molar-refractivity contribution in [1.29, 1.82) is 0 Å². The number of hydrogen-bond acceptors (Lipinski definition) is 4. The molecule has 1 atom stereocenters. The van der Waals surface area contributed by atoms with Gasteiger partial charge in [0.15, 0.2) is 5.69 Å². The van der Waals surface area contributed by atoms with Crippen molar-refractivity contribution in [3.63, 3.8) is 0 Å². The fourth-order valence-corrected chi connectivity index (χ4v) is 3.16. The van der Waals surface area contributed by atoms with E-state index in [4.69, 9.17) is 0 Å². The summed E-state index contributed by atoms with van der Waals surface area (Å²) in [5.74, 6) is -1.24. The molecule has 0 aliphatic rings. The number of carbonyl (C=O) groups excluding carboxylic acids is 2. The van der Waals surface area contributed by atoms with Crippen LogP contribution in [0.3, 0.4) is 0 Å². The highest BCUT2D eigenvalue weighted by molar-refractivity contribution is 6.05. The molecule has 2 N–H and O–H groups in total. The van der Waals surface area contributed by atoms with Crippen molar-refractivity contribution < 1.29 is 9.59 Å². The van der Waals surface area contributed by atoms with E-state index in [-0.39, 0.29) is 23.1 Å². The van der Waals surface area contributed by atoms with Gasteiger partial charge < -0.3 is 0 Å². The van der Waals surface area contributed by atoms with Crippen molar-refractivity contribution >= 4 is 22.6 Å². The molecule has 0 radical (unpaired) electrons. The Kier molecular flexibility index (Phi) is 5.84. The molecule has 0 bridgehead atoms. The van der Waals surface area contributed by atoms with Gasteiger partial charge in [0.2, 0.25) is 5.91 Å². The van der Waals surface area contributed by atoms with E-state index in [0.29, 0.717) is 17.2 Å². The van der Waals surface area contributed by atoms with E-state index in [9.17, 15) is 14.4 Å². The van der Waals surface area contributed by atoms with E-state index < -0.39 is 5.91 Å². The Morgan fingerprint density at radius 1 is 1.00 bits per heavy atom. The van der Waals surface area contributed by atoms with Gasteiger partial charge in [0.05, 0.1) is 11.3 Å². The molecule has 1 unspecified atom stereocenters. The summed E-state index contributed by atoms with van der Waals surface area (Å²) >= 11 is 0. The number of nitrogens with one attached hydrogen (secondary N) is 2. The first-order valence-corrected chi connectivity index (χ1v) is 9.14. The first-order valence-electron chi connectivity index (χ1n) is 9.14. The minimum absolute atomic E-state index is 0.0738. The second kappa shape index (κ2) is 8.47. The predicted octanol–water partition coefficient (Wildman–Crippen LogP) is 2.28. The van der Waals surface area contributed by atoms with Gasteiger partial charge in [-0.2, -0.15) is 5.10 Å². The van der Waals surface area contributed by atoms with E-state index in [1.807, 2.05) is 37.3 Å². The van der Waals surface area contributed by atoms with Gasteiger partial charge >= 0.3 is 0 Å². The fourth-order valence-electron chi connectivity index (χ4n) is 3.16. The molecule has 2 amide bonds. The Labute approximate surface area is 162 Å². The molecule has 0 saturated heterocycles. The summed E-state index contributed by atoms with van der Waals surface area (Å²) in [6, 6.07) is 16.2.